The molecule has 4 aromatic rings. The van der Waals surface area contributed by atoms with E-state index in [0.29, 0.717) is 32.3 Å². The van der Waals surface area contributed by atoms with E-state index in [0.717, 1.165) is 87.3 Å². The van der Waals surface area contributed by atoms with Crippen molar-refractivity contribution in [2.24, 2.45) is 11.8 Å². The first-order valence-electron chi connectivity index (χ1n) is 16.6. The van der Waals surface area contributed by atoms with E-state index in [1.165, 1.54) is 0 Å². The van der Waals surface area contributed by atoms with Gasteiger partial charge in [-0.3, -0.25) is 4.90 Å². The first-order valence-corrected chi connectivity index (χ1v) is 16.6. The lowest BCUT2D eigenvalue weighted by Crippen LogP contribution is -2.37. The number of ether oxygens (including phenoxy) is 4. The average molecular weight is 639 g/mol. The fourth-order valence-electron chi connectivity index (χ4n) is 7.49. The maximum absolute atomic E-state index is 13.2. The molecule has 2 fully saturated rings. The summed E-state index contributed by atoms with van der Waals surface area (Å²) in [5.41, 5.74) is 7.60. The quantitative estimate of drug-likeness (QED) is 0.218. The molecule has 4 atom stereocenters. The number of amides is 1. The summed E-state index contributed by atoms with van der Waals surface area (Å²) in [5, 5.41) is 3.56. The number of benzene rings is 2. The van der Waals surface area contributed by atoms with Gasteiger partial charge in [0.2, 0.25) is 0 Å². The maximum Gasteiger partial charge on any atom is 0.410 e. The number of hydrogen-bond acceptors (Lipinski definition) is 8. The summed E-state index contributed by atoms with van der Waals surface area (Å²) in [5.74, 6) is 4.25. The number of hydrogen-bond donors (Lipinski definition) is 3. The van der Waals surface area contributed by atoms with Gasteiger partial charge in [0.15, 0.2) is 0 Å². The molecule has 2 aromatic carbocycles. The van der Waals surface area contributed by atoms with Crippen LogP contribution in [0.1, 0.15) is 75.4 Å². The van der Waals surface area contributed by atoms with Crippen LogP contribution in [0.25, 0.3) is 33.6 Å². The number of aromatic nitrogens is 4. The predicted octanol–water partition coefficient (Wildman–Crippen LogP) is 6.53. The summed E-state index contributed by atoms with van der Waals surface area (Å²) >= 11 is 0. The molecule has 47 heavy (non-hydrogen) atoms. The third kappa shape index (κ3) is 5.55. The number of nitrogens with one attached hydrogen (secondary N) is 3. The molecule has 4 aliphatic rings. The molecule has 2 unspecified atom stereocenters. The fraction of sp³-hybridized carbons (Fsp3) is 0.472. The maximum atomic E-state index is 13.2. The Labute approximate surface area is 274 Å². The number of rotatable bonds is 6. The van der Waals surface area contributed by atoms with Crippen LogP contribution in [-0.4, -0.2) is 63.3 Å². The van der Waals surface area contributed by atoms with Crippen molar-refractivity contribution in [1.82, 2.24) is 30.2 Å². The SMILES string of the molecule is COCC1CC(c2ncc(-c3cc4c5c(c3)OCc3cc(-c6cnc([C@@H]7C[C@H](C)CN7)[nH]6)cc(c3-5)OC4)[nH]2)N(C(=O)OC(C)(C)C)C1. The lowest BCUT2D eigenvalue weighted by molar-refractivity contribution is 0.0208. The number of nitrogens with zero attached hydrogens (tertiary/aromatic N) is 3. The van der Waals surface area contributed by atoms with Gasteiger partial charge in [0.05, 0.1) is 42.5 Å². The van der Waals surface area contributed by atoms with Gasteiger partial charge in [-0.25, -0.2) is 14.8 Å². The number of carbonyl (C=O) groups excluding carboxylic acids is 1. The minimum Gasteiger partial charge on any atom is -0.488 e. The summed E-state index contributed by atoms with van der Waals surface area (Å²) in [6, 6.07) is 8.55. The third-order valence-electron chi connectivity index (χ3n) is 9.61. The monoisotopic (exact) mass is 638 g/mol. The van der Waals surface area contributed by atoms with Crippen LogP contribution < -0.4 is 14.8 Å². The number of imidazole rings is 2. The standard InChI is InChI=1S/C36H42N6O5/c1-19-6-25(37-12-19)33-38-13-26(40-33)21-8-23-17-46-30-11-22(9-24-18-45-29(10-21)31(23)32(24)30)27-14-39-34(41-27)28-7-20(16-44-5)15-42(28)35(43)47-36(2,3)4/h8-11,13-14,19-20,25,28,37H,6-7,12,15-18H2,1-5H3,(H,38,40)(H,39,41)/t19-,20?,25-,28?/m0/s1. The van der Waals surface area contributed by atoms with Crippen molar-refractivity contribution in [3.8, 4) is 45.1 Å². The summed E-state index contributed by atoms with van der Waals surface area (Å²) < 4.78 is 24.0. The minimum absolute atomic E-state index is 0.197. The van der Waals surface area contributed by atoms with E-state index in [9.17, 15) is 4.79 Å². The molecular formula is C36H42N6O5. The van der Waals surface area contributed by atoms with Crippen molar-refractivity contribution in [3.05, 3.63) is 59.4 Å². The molecule has 0 aliphatic carbocycles. The molecule has 8 rings (SSSR count). The second-order valence-electron chi connectivity index (χ2n) is 14.5. The molecule has 6 heterocycles. The molecule has 11 nitrogen and oxygen atoms in total. The molecule has 1 amide bonds. The van der Waals surface area contributed by atoms with Crippen LogP contribution in [0.15, 0.2) is 36.7 Å². The molecule has 0 spiro atoms. The molecule has 2 saturated heterocycles. The van der Waals surface area contributed by atoms with Gasteiger partial charge in [0.1, 0.15) is 42.0 Å². The number of likely N-dealkylation sites (tertiary alicyclic amines) is 1. The minimum atomic E-state index is -0.587. The van der Waals surface area contributed by atoms with Gasteiger partial charge >= 0.3 is 6.09 Å². The van der Waals surface area contributed by atoms with Crippen molar-refractivity contribution in [2.45, 2.75) is 71.4 Å². The first kappa shape index (κ1) is 30.0. The number of carbonyl (C=O) groups is 1. The van der Waals surface area contributed by atoms with E-state index in [1.807, 2.05) is 33.2 Å². The summed E-state index contributed by atoms with van der Waals surface area (Å²) in [6.07, 6.45) is 5.24. The molecule has 0 radical (unpaired) electrons. The Morgan fingerprint density at radius 1 is 0.936 bits per heavy atom. The smallest absolute Gasteiger partial charge is 0.410 e. The number of H-pyrrole nitrogens is 2. The highest BCUT2D eigenvalue weighted by Gasteiger charge is 2.40. The van der Waals surface area contributed by atoms with Crippen LogP contribution in [-0.2, 0) is 22.7 Å². The van der Waals surface area contributed by atoms with E-state index in [2.05, 4.69) is 46.5 Å². The van der Waals surface area contributed by atoms with Gasteiger partial charge in [-0.2, -0.15) is 0 Å². The zero-order valence-electron chi connectivity index (χ0n) is 27.6. The Morgan fingerprint density at radius 3 is 2.13 bits per heavy atom. The van der Waals surface area contributed by atoms with E-state index < -0.39 is 5.60 Å². The Morgan fingerprint density at radius 2 is 1.55 bits per heavy atom. The average Bonchev–Trinajstić information content (AvgIpc) is 3.85. The van der Waals surface area contributed by atoms with Crippen LogP contribution in [0.5, 0.6) is 11.5 Å². The van der Waals surface area contributed by atoms with Crippen molar-refractivity contribution in [2.75, 3.05) is 26.8 Å². The molecule has 11 heteroatoms. The molecule has 0 bridgehead atoms. The summed E-state index contributed by atoms with van der Waals surface area (Å²) in [6.45, 7) is 10.9. The Bertz CT molecular complexity index is 1790. The van der Waals surface area contributed by atoms with Gasteiger partial charge in [0, 0.05) is 53.0 Å². The Kier molecular flexibility index (Phi) is 7.29. The van der Waals surface area contributed by atoms with Crippen LogP contribution in [0.4, 0.5) is 4.79 Å². The Hall–Kier alpha value is -4.35. The van der Waals surface area contributed by atoms with Crippen molar-refractivity contribution in [3.63, 3.8) is 0 Å². The van der Waals surface area contributed by atoms with E-state index in [4.69, 9.17) is 28.9 Å². The largest absolute Gasteiger partial charge is 0.488 e. The molecule has 246 valence electrons. The van der Waals surface area contributed by atoms with E-state index in [1.54, 1.807) is 12.0 Å². The molecule has 4 aliphatic heterocycles. The molecule has 0 saturated carbocycles. The molecule has 2 aromatic heterocycles. The normalized spacial score (nSPS) is 23.0. The fourth-order valence-corrected chi connectivity index (χ4v) is 7.49. The van der Waals surface area contributed by atoms with Crippen LogP contribution in [0.2, 0.25) is 0 Å². The van der Waals surface area contributed by atoms with Crippen LogP contribution >= 0.6 is 0 Å². The summed E-state index contributed by atoms with van der Waals surface area (Å²) in [7, 11) is 1.69. The second-order valence-corrected chi connectivity index (χ2v) is 14.5. The highest BCUT2D eigenvalue weighted by Crippen LogP contribution is 2.51. The highest BCUT2D eigenvalue weighted by molar-refractivity contribution is 5.88. The van der Waals surface area contributed by atoms with Crippen molar-refractivity contribution < 1.29 is 23.7 Å². The summed E-state index contributed by atoms with van der Waals surface area (Å²) in [4.78, 5) is 31.5. The van der Waals surface area contributed by atoms with Gasteiger partial charge in [-0.05, 0) is 70.3 Å². The highest BCUT2D eigenvalue weighted by atomic mass is 16.6. The van der Waals surface area contributed by atoms with E-state index in [-0.39, 0.29) is 24.1 Å². The van der Waals surface area contributed by atoms with Crippen molar-refractivity contribution >= 4 is 6.09 Å². The first-order chi connectivity index (χ1) is 22.6. The van der Waals surface area contributed by atoms with Gasteiger partial charge in [-0.15, -0.1) is 0 Å². The van der Waals surface area contributed by atoms with Gasteiger partial charge in [0.25, 0.3) is 0 Å². The molecular weight excluding hydrogens is 596 g/mol. The predicted molar refractivity (Wildman–Crippen MR) is 176 cm³/mol. The third-order valence-corrected chi connectivity index (χ3v) is 9.61. The zero-order valence-corrected chi connectivity index (χ0v) is 27.6. The molecule has 3 N–H and O–H groups in total. The number of aromatic amines is 2. The lowest BCUT2D eigenvalue weighted by atomic mass is 9.87. The van der Waals surface area contributed by atoms with Crippen LogP contribution in [0, 0.1) is 11.8 Å². The van der Waals surface area contributed by atoms with Gasteiger partial charge < -0.3 is 34.2 Å². The second kappa shape index (κ2) is 11.4. The van der Waals surface area contributed by atoms with Gasteiger partial charge in [-0.1, -0.05) is 6.92 Å². The van der Waals surface area contributed by atoms with Crippen molar-refractivity contribution in [1.29, 1.82) is 0 Å². The van der Waals surface area contributed by atoms with Crippen LogP contribution in [0.3, 0.4) is 0 Å². The van der Waals surface area contributed by atoms with E-state index >= 15 is 0 Å². The lowest BCUT2D eigenvalue weighted by Gasteiger charge is -2.30. The Balaban J connectivity index is 1.07. The topological polar surface area (TPSA) is 127 Å². The zero-order chi connectivity index (χ0) is 32.4. The number of methoxy groups -OCH3 is 1.